The first-order valence-electron chi connectivity index (χ1n) is 6.08. The third-order valence-corrected chi connectivity index (χ3v) is 5.26. The molecule has 5 heteroatoms. The highest BCUT2D eigenvalue weighted by atomic mass is 32.2. The number of hydrogen-bond donors (Lipinski definition) is 0. The number of rotatable bonds is 2. The third kappa shape index (κ3) is 2.43. The molecule has 1 aliphatic heterocycles. The molecule has 1 aliphatic rings. The summed E-state index contributed by atoms with van der Waals surface area (Å²) in [4.78, 5) is 0.429. The summed E-state index contributed by atoms with van der Waals surface area (Å²) in [6.45, 7) is 7.00. The van der Waals surface area contributed by atoms with E-state index >= 15 is 0 Å². The monoisotopic (exact) mass is 269 g/mol. The van der Waals surface area contributed by atoms with Crippen LogP contribution in [0.25, 0.3) is 0 Å². The lowest BCUT2D eigenvalue weighted by molar-refractivity contribution is 0.0312. The van der Waals surface area contributed by atoms with E-state index in [4.69, 9.17) is 4.74 Å². The minimum absolute atomic E-state index is 0.162. The molecule has 0 N–H and O–H groups in total. The smallest absolute Gasteiger partial charge is 0.245 e. The van der Waals surface area contributed by atoms with E-state index < -0.39 is 10.0 Å². The maximum absolute atomic E-state index is 12.6. The zero-order valence-electron chi connectivity index (χ0n) is 11.1. The zero-order chi connectivity index (χ0) is 13.3. The molecule has 4 nitrogen and oxygen atoms in total. The van der Waals surface area contributed by atoms with Crippen LogP contribution in [0.4, 0.5) is 0 Å². The average molecular weight is 269 g/mol. The van der Waals surface area contributed by atoms with E-state index in [-0.39, 0.29) is 6.73 Å². The Morgan fingerprint density at radius 1 is 1.17 bits per heavy atom. The van der Waals surface area contributed by atoms with Crippen LogP contribution in [0.1, 0.15) is 23.1 Å². The van der Waals surface area contributed by atoms with Crippen molar-refractivity contribution in [2.75, 3.05) is 19.9 Å². The van der Waals surface area contributed by atoms with Gasteiger partial charge >= 0.3 is 0 Å². The van der Waals surface area contributed by atoms with Gasteiger partial charge in [0.25, 0.3) is 0 Å². The summed E-state index contributed by atoms with van der Waals surface area (Å²) in [5.74, 6) is 0. The molecule has 0 aromatic heterocycles. The van der Waals surface area contributed by atoms with Gasteiger partial charge in [0.15, 0.2) is 0 Å². The van der Waals surface area contributed by atoms with Gasteiger partial charge in [0.1, 0.15) is 6.73 Å². The number of aryl methyl sites for hydroxylation is 3. The molecule has 0 spiro atoms. The number of sulfonamides is 1. The van der Waals surface area contributed by atoms with Crippen LogP contribution in [0.2, 0.25) is 0 Å². The summed E-state index contributed by atoms with van der Waals surface area (Å²) in [5.41, 5.74) is 2.69. The molecule has 100 valence electrons. The van der Waals surface area contributed by atoms with Gasteiger partial charge in [-0.15, -0.1) is 0 Å². The van der Waals surface area contributed by atoms with Crippen molar-refractivity contribution >= 4 is 10.0 Å². The van der Waals surface area contributed by atoms with E-state index in [0.29, 0.717) is 18.0 Å². The molecular weight excluding hydrogens is 250 g/mol. The Balaban J connectivity index is 2.47. The molecule has 1 saturated heterocycles. The quantitative estimate of drug-likeness (QED) is 0.824. The van der Waals surface area contributed by atoms with Gasteiger partial charge < -0.3 is 4.74 Å². The number of nitrogens with zero attached hydrogens (tertiary/aromatic N) is 1. The molecule has 0 atom stereocenters. The van der Waals surface area contributed by atoms with Gasteiger partial charge in [0, 0.05) is 13.2 Å². The molecule has 0 aliphatic carbocycles. The van der Waals surface area contributed by atoms with Gasteiger partial charge in [-0.25, -0.2) is 8.42 Å². The van der Waals surface area contributed by atoms with E-state index in [1.165, 1.54) is 4.31 Å². The highest BCUT2D eigenvalue weighted by Crippen LogP contribution is 2.26. The van der Waals surface area contributed by atoms with E-state index in [0.717, 1.165) is 23.1 Å². The summed E-state index contributed by atoms with van der Waals surface area (Å²) < 4.78 is 31.8. The molecule has 1 fully saturated rings. The van der Waals surface area contributed by atoms with Gasteiger partial charge in [-0.3, -0.25) is 0 Å². The molecule has 1 aromatic carbocycles. The molecule has 0 radical (unpaired) electrons. The van der Waals surface area contributed by atoms with Gasteiger partial charge in [0.2, 0.25) is 10.0 Å². The van der Waals surface area contributed by atoms with Crippen LogP contribution in [0.5, 0.6) is 0 Å². The summed E-state index contributed by atoms with van der Waals surface area (Å²) in [6, 6.07) is 3.81. The molecule has 0 amide bonds. The van der Waals surface area contributed by atoms with E-state index in [9.17, 15) is 8.42 Å². The second-order valence-corrected chi connectivity index (χ2v) is 6.67. The minimum atomic E-state index is -3.43. The summed E-state index contributed by atoms with van der Waals surface area (Å²) >= 11 is 0. The van der Waals surface area contributed by atoms with E-state index in [1.54, 1.807) is 0 Å². The molecule has 1 heterocycles. The van der Waals surface area contributed by atoms with Crippen molar-refractivity contribution in [3.05, 3.63) is 28.8 Å². The number of ether oxygens (including phenoxy) is 1. The molecule has 0 saturated carbocycles. The third-order valence-electron chi connectivity index (χ3n) is 3.13. The topological polar surface area (TPSA) is 46.6 Å². The van der Waals surface area contributed by atoms with Crippen LogP contribution in [0.3, 0.4) is 0 Å². The van der Waals surface area contributed by atoms with Crippen LogP contribution in [0.15, 0.2) is 17.0 Å². The standard InChI is InChI=1S/C13H19NO3S/c1-10-7-11(2)13(12(3)8-10)18(15,16)14-5-4-6-17-9-14/h7-8H,4-6,9H2,1-3H3. The Labute approximate surface area is 109 Å². The van der Waals surface area contributed by atoms with Crippen molar-refractivity contribution in [3.8, 4) is 0 Å². The van der Waals surface area contributed by atoms with Crippen molar-refractivity contribution in [3.63, 3.8) is 0 Å². The number of benzene rings is 1. The van der Waals surface area contributed by atoms with Crippen molar-refractivity contribution in [2.45, 2.75) is 32.1 Å². The van der Waals surface area contributed by atoms with Crippen LogP contribution in [-0.2, 0) is 14.8 Å². The lowest BCUT2D eigenvalue weighted by Crippen LogP contribution is -2.38. The largest absolute Gasteiger partial charge is 0.365 e. The second kappa shape index (κ2) is 4.99. The molecule has 0 unspecified atom stereocenters. The summed E-state index contributed by atoms with van der Waals surface area (Å²) in [5, 5.41) is 0. The van der Waals surface area contributed by atoms with Crippen LogP contribution in [-0.4, -0.2) is 32.6 Å². The molecule has 2 rings (SSSR count). The average Bonchev–Trinajstić information content (AvgIpc) is 2.28. The Bertz CT molecular complexity index is 522. The van der Waals surface area contributed by atoms with Crippen molar-refractivity contribution in [1.82, 2.24) is 4.31 Å². The Morgan fingerprint density at radius 2 is 1.78 bits per heavy atom. The summed E-state index contributed by atoms with van der Waals surface area (Å²) in [7, 11) is -3.43. The zero-order valence-corrected chi connectivity index (χ0v) is 11.9. The maximum atomic E-state index is 12.6. The summed E-state index contributed by atoms with van der Waals surface area (Å²) in [6.07, 6.45) is 0.753. The fraction of sp³-hybridized carbons (Fsp3) is 0.538. The highest BCUT2D eigenvalue weighted by molar-refractivity contribution is 7.89. The first kappa shape index (κ1) is 13.5. The van der Waals surface area contributed by atoms with Crippen molar-refractivity contribution < 1.29 is 13.2 Å². The normalized spacial score (nSPS) is 17.9. The molecule has 18 heavy (non-hydrogen) atoms. The minimum Gasteiger partial charge on any atom is -0.365 e. The van der Waals surface area contributed by atoms with Gasteiger partial charge in [-0.05, 0) is 38.3 Å². The van der Waals surface area contributed by atoms with Gasteiger partial charge in [-0.2, -0.15) is 4.31 Å². The van der Waals surface area contributed by atoms with Crippen LogP contribution in [0, 0.1) is 20.8 Å². The fourth-order valence-corrected chi connectivity index (χ4v) is 4.24. The van der Waals surface area contributed by atoms with E-state index in [2.05, 4.69) is 0 Å². The number of hydrogen-bond acceptors (Lipinski definition) is 3. The van der Waals surface area contributed by atoms with Crippen LogP contribution < -0.4 is 0 Å². The first-order valence-corrected chi connectivity index (χ1v) is 7.52. The van der Waals surface area contributed by atoms with Gasteiger partial charge in [0.05, 0.1) is 4.90 Å². The Kier molecular flexibility index (Phi) is 3.75. The van der Waals surface area contributed by atoms with E-state index in [1.807, 2.05) is 32.9 Å². The van der Waals surface area contributed by atoms with Crippen LogP contribution >= 0.6 is 0 Å². The van der Waals surface area contributed by atoms with Gasteiger partial charge in [-0.1, -0.05) is 17.7 Å². The SMILES string of the molecule is Cc1cc(C)c(S(=O)(=O)N2CCCOC2)c(C)c1. The molecule has 1 aromatic rings. The second-order valence-electron chi connectivity index (χ2n) is 4.80. The van der Waals surface area contributed by atoms with Crippen molar-refractivity contribution in [1.29, 1.82) is 0 Å². The maximum Gasteiger partial charge on any atom is 0.245 e. The molecular formula is C13H19NO3S. The lowest BCUT2D eigenvalue weighted by atomic mass is 10.1. The lowest BCUT2D eigenvalue weighted by Gasteiger charge is -2.27. The first-order chi connectivity index (χ1) is 8.43. The Hall–Kier alpha value is -0.910. The van der Waals surface area contributed by atoms with Crippen molar-refractivity contribution in [2.24, 2.45) is 0 Å². The highest BCUT2D eigenvalue weighted by Gasteiger charge is 2.29. The predicted molar refractivity (Wildman–Crippen MR) is 70.0 cm³/mol. The molecule has 0 bridgehead atoms. The Morgan fingerprint density at radius 3 is 2.28 bits per heavy atom. The fourth-order valence-electron chi connectivity index (χ4n) is 2.47. The predicted octanol–water partition coefficient (Wildman–Crippen LogP) is 1.98.